The van der Waals surface area contributed by atoms with Crippen molar-refractivity contribution in [2.24, 2.45) is 13.0 Å². The lowest BCUT2D eigenvalue weighted by Crippen LogP contribution is -2.41. The molecule has 40 heavy (non-hydrogen) atoms. The van der Waals surface area contributed by atoms with Gasteiger partial charge in [-0.05, 0) is 56.7 Å². The van der Waals surface area contributed by atoms with Crippen LogP contribution in [0.5, 0.6) is 5.75 Å². The molecule has 0 spiro atoms. The smallest absolute Gasteiger partial charge is 0.275 e. The zero-order chi connectivity index (χ0) is 29.0. The summed E-state index contributed by atoms with van der Waals surface area (Å²) >= 11 is 0. The van der Waals surface area contributed by atoms with Crippen LogP contribution >= 0.6 is 0 Å². The van der Waals surface area contributed by atoms with Gasteiger partial charge < -0.3 is 29.2 Å². The van der Waals surface area contributed by atoms with Crippen LogP contribution in [0.25, 0.3) is 22.4 Å². The summed E-state index contributed by atoms with van der Waals surface area (Å²) in [5, 5.41) is 19.1. The summed E-state index contributed by atoms with van der Waals surface area (Å²) in [6.45, 7) is 6.38. The number of benzene rings is 1. The van der Waals surface area contributed by atoms with Crippen LogP contribution in [0.3, 0.4) is 0 Å². The molecule has 0 saturated carbocycles. The quantitative estimate of drug-likeness (QED) is 0.279. The van der Waals surface area contributed by atoms with Gasteiger partial charge >= 0.3 is 0 Å². The highest BCUT2D eigenvalue weighted by Gasteiger charge is 2.32. The van der Waals surface area contributed by atoms with Gasteiger partial charge in [0.15, 0.2) is 0 Å². The minimum absolute atomic E-state index is 0.0880. The Morgan fingerprint density at radius 3 is 2.52 bits per heavy atom. The number of hydrogen-bond donors (Lipinski definition) is 3. The Labute approximate surface area is 234 Å². The summed E-state index contributed by atoms with van der Waals surface area (Å²) in [6.07, 6.45) is 3.27. The molecule has 2 aromatic heterocycles. The number of nitrogens with one attached hydrogen (secondary N) is 1. The molecule has 0 aliphatic carbocycles. The fraction of sp³-hybridized carbons (Fsp3) is 0.571. The zero-order valence-corrected chi connectivity index (χ0v) is 24.5. The molecular formula is C28H40N4O7S. The third-order valence-electron chi connectivity index (χ3n) is 7.72. The summed E-state index contributed by atoms with van der Waals surface area (Å²) in [5.41, 5.74) is 2.28. The second kappa shape index (κ2) is 12.8. The largest absolute Gasteiger partial charge is 0.493 e. The molecule has 1 atom stereocenters. The van der Waals surface area contributed by atoms with Crippen molar-refractivity contribution in [2.45, 2.75) is 70.5 Å². The number of piperidine rings is 1. The van der Waals surface area contributed by atoms with E-state index in [1.165, 1.54) is 16.4 Å². The number of hydrogen-bond acceptors (Lipinski definition) is 8. The number of ether oxygens (including phenoxy) is 2. The molecule has 0 amide bonds. The van der Waals surface area contributed by atoms with Crippen molar-refractivity contribution in [3.63, 3.8) is 0 Å². The number of aryl methyl sites for hydroxylation is 2. The van der Waals surface area contributed by atoms with Gasteiger partial charge in [-0.1, -0.05) is 20.3 Å². The lowest BCUT2D eigenvalue weighted by atomic mass is 9.93. The second-order valence-electron chi connectivity index (χ2n) is 10.3. The van der Waals surface area contributed by atoms with E-state index >= 15 is 0 Å². The third-order valence-corrected chi connectivity index (χ3v) is 9.62. The van der Waals surface area contributed by atoms with Gasteiger partial charge in [-0.3, -0.25) is 4.79 Å². The molecule has 1 aliphatic heterocycles. The van der Waals surface area contributed by atoms with E-state index in [4.69, 9.17) is 19.6 Å². The predicted molar refractivity (Wildman–Crippen MR) is 152 cm³/mol. The summed E-state index contributed by atoms with van der Waals surface area (Å²) in [6, 6.07) is 4.66. The van der Waals surface area contributed by atoms with Gasteiger partial charge in [-0.15, -0.1) is 0 Å². The van der Waals surface area contributed by atoms with E-state index < -0.39 is 10.0 Å². The predicted octanol–water partition coefficient (Wildman–Crippen LogP) is 2.92. The maximum absolute atomic E-state index is 13.7. The molecule has 4 rings (SSSR count). The van der Waals surface area contributed by atoms with Gasteiger partial charge in [-0.2, -0.15) is 4.31 Å². The number of fused-ring (bicyclic) bond motifs is 1. The monoisotopic (exact) mass is 576 g/mol. The van der Waals surface area contributed by atoms with Crippen LogP contribution in [-0.4, -0.2) is 70.1 Å². The molecule has 3 N–H and O–H groups in total. The molecular weight excluding hydrogens is 536 g/mol. The van der Waals surface area contributed by atoms with Crippen LogP contribution in [0, 0.1) is 5.92 Å². The number of H-pyrrole nitrogens is 1. The highest BCUT2D eigenvalue weighted by Crippen LogP contribution is 2.34. The fourth-order valence-electron chi connectivity index (χ4n) is 5.49. The highest BCUT2D eigenvalue weighted by molar-refractivity contribution is 7.89. The Balaban J connectivity index is 1.77. The maximum Gasteiger partial charge on any atom is 0.275 e. The Hall–Kier alpha value is -2.77. The topological polar surface area (TPSA) is 147 Å². The minimum atomic E-state index is -3.84. The number of aliphatic hydroxyl groups excluding tert-OH is 2. The van der Waals surface area contributed by atoms with Gasteiger partial charge in [0.2, 0.25) is 10.0 Å². The standard InChI is InChI=1S/C28H40N4O7S/c1-5-7-21-23(16-33)31(4)26-25(21)29-27(30-28(26)35)22-15-20(8-9-24(22)38-14-6-2)40(36,37)32-12-10-19(11-13-32)18(3)39-17-34/h8-9,15,18-19,33-34H,5-7,10-14,16-17H2,1-4H3,(H,29,30,35). The van der Waals surface area contributed by atoms with Gasteiger partial charge in [0.1, 0.15) is 23.9 Å². The molecule has 0 bridgehead atoms. The first kappa shape index (κ1) is 30.2. The van der Waals surface area contributed by atoms with Crippen LogP contribution in [0.1, 0.15) is 57.7 Å². The molecule has 1 aliphatic rings. The molecule has 1 unspecified atom stereocenters. The average Bonchev–Trinajstić information content (AvgIpc) is 3.22. The Morgan fingerprint density at radius 1 is 1.18 bits per heavy atom. The molecule has 1 fully saturated rings. The van der Waals surface area contributed by atoms with Crippen molar-refractivity contribution in [3.8, 4) is 17.1 Å². The third kappa shape index (κ3) is 5.82. The van der Waals surface area contributed by atoms with Crippen LogP contribution in [-0.2, 0) is 34.8 Å². The Kier molecular flexibility index (Phi) is 9.68. The molecule has 3 aromatic rings. The summed E-state index contributed by atoms with van der Waals surface area (Å²) in [5.74, 6) is 0.793. The second-order valence-corrected chi connectivity index (χ2v) is 12.2. The number of aliphatic hydroxyl groups is 2. The van der Waals surface area contributed by atoms with E-state index in [0.717, 1.165) is 18.4 Å². The van der Waals surface area contributed by atoms with E-state index in [0.29, 0.717) is 67.0 Å². The minimum Gasteiger partial charge on any atom is -0.493 e. The summed E-state index contributed by atoms with van der Waals surface area (Å²) in [4.78, 5) is 21.0. The summed E-state index contributed by atoms with van der Waals surface area (Å²) < 4.78 is 41.8. The van der Waals surface area contributed by atoms with Crippen molar-refractivity contribution in [2.75, 3.05) is 26.5 Å². The lowest BCUT2D eigenvalue weighted by Gasteiger charge is -2.33. The van der Waals surface area contributed by atoms with E-state index in [2.05, 4.69) is 4.98 Å². The number of sulfonamides is 1. The average molecular weight is 577 g/mol. The number of rotatable bonds is 12. The van der Waals surface area contributed by atoms with Crippen molar-refractivity contribution < 1.29 is 28.1 Å². The van der Waals surface area contributed by atoms with Gasteiger partial charge in [0.05, 0.1) is 35.3 Å². The maximum atomic E-state index is 13.7. The normalized spacial score (nSPS) is 16.1. The van der Waals surface area contributed by atoms with Gasteiger partial charge in [0, 0.05) is 31.4 Å². The van der Waals surface area contributed by atoms with Crippen molar-refractivity contribution in [1.29, 1.82) is 0 Å². The van der Waals surface area contributed by atoms with Crippen LogP contribution in [0.2, 0.25) is 0 Å². The fourth-order valence-corrected chi connectivity index (χ4v) is 6.98. The first-order valence-corrected chi connectivity index (χ1v) is 15.3. The summed E-state index contributed by atoms with van der Waals surface area (Å²) in [7, 11) is -2.11. The van der Waals surface area contributed by atoms with Crippen molar-refractivity contribution >= 4 is 21.1 Å². The van der Waals surface area contributed by atoms with E-state index in [9.17, 15) is 18.3 Å². The number of aromatic nitrogens is 3. The highest BCUT2D eigenvalue weighted by atomic mass is 32.2. The molecule has 0 radical (unpaired) electrons. The van der Waals surface area contributed by atoms with Crippen LogP contribution in [0.15, 0.2) is 27.9 Å². The van der Waals surface area contributed by atoms with E-state index in [1.54, 1.807) is 17.7 Å². The van der Waals surface area contributed by atoms with Gasteiger partial charge in [-0.25, -0.2) is 13.4 Å². The number of aromatic amines is 1. The molecule has 1 aromatic carbocycles. The van der Waals surface area contributed by atoms with Crippen molar-refractivity contribution in [1.82, 2.24) is 18.8 Å². The zero-order valence-electron chi connectivity index (χ0n) is 23.6. The first-order chi connectivity index (χ1) is 19.2. The van der Waals surface area contributed by atoms with Crippen molar-refractivity contribution in [3.05, 3.63) is 39.8 Å². The molecule has 1 saturated heterocycles. The Bertz CT molecular complexity index is 1490. The van der Waals surface area contributed by atoms with E-state index in [-0.39, 0.29) is 41.7 Å². The lowest BCUT2D eigenvalue weighted by molar-refractivity contribution is -0.0715. The number of nitrogens with zero attached hydrogens (tertiary/aromatic N) is 3. The first-order valence-electron chi connectivity index (χ1n) is 13.9. The Morgan fingerprint density at radius 2 is 1.90 bits per heavy atom. The molecule has 12 heteroatoms. The SMILES string of the molecule is CCCOc1ccc(S(=O)(=O)N2CCC(C(C)OCO)CC2)cc1-c1nc2c(CCC)c(CO)n(C)c2c(=O)[nH]1. The van der Waals surface area contributed by atoms with Crippen LogP contribution < -0.4 is 10.3 Å². The molecule has 220 valence electrons. The molecule has 11 nitrogen and oxygen atoms in total. The van der Waals surface area contributed by atoms with E-state index in [1.807, 2.05) is 20.8 Å². The van der Waals surface area contributed by atoms with Crippen LogP contribution in [0.4, 0.5) is 0 Å². The van der Waals surface area contributed by atoms with Gasteiger partial charge in [0.25, 0.3) is 5.56 Å². The molecule has 3 heterocycles.